The number of carbonyl (C=O) groups is 3. The Hall–Kier alpha value is -3.15. The van der Waals surface area contributed by atoms with Crippen molar-refractivity contribution in [2.75, 3.05) is 20.7 Å². The van der Waals surface area contributed by atoms with Gasteiger partial charge in [0.25, 0.3) is 0 Å². The Morgan fingerprint density at radius 3 is 2.31 bits per heavy atom. The van der Waals surface area contributed by atoms with Crippen molar-refractivity contribution in [1.82, 2.24) is 9.80 Å². The molecule has 2 atom stereocenters. The number of hydrogen-bond acceptors (Lipinski definition) is 4. The Kier molecular flexibility index (Phi) is 5.09. The normalized spacial score (nSPS) is 20.8. The second-order valence-corrected chi connectivity index (χ2v) is 7.72. The molecule has 6 heteroatoms. The number of rotatable bonds is 5. The number of amides is 3. The van der Waals surface area contributed by atoms with E-state index in [0.29, 0.717) is 19.4 Å². The minimum atomic E-state index is -0.303. The molecule has 1 saturated heterocycles. The minimum absolute atomic E-state index is 0.189. The van der Waals surface area contributed by atoms with E-state index >= 15 is 0 Å². The molecule has 150 valence electrons. The van der Waals surface area contributed by atoms with E-state index in [1.807, 2.05) is 48.6 Å². The van der Waals surface area contributed by atoms with Crippen LogP contribution in [0, 0.1) is 11.8 Å². The largest absolute Gasteiger partial charge is 0.497 e. The summed E-state index contributed by atoms with van der Waals surface area (Å²) < 4.78 is 5.25. The quantitative estimate of drug-likeness (QED) is 0.580. The summed E-state index contributed by atoms with van der Waals surface area (Å²) in [5.74, 6) is -0.482. The van der Waals surface area contributed by atoms with Crippen molar-refractivity contribution in [3.8, 4) is 5.75 Å². The third-order valence-corrected chi connectivity index (χ3v) is 5.85. The molecule has 0 saturated carbocycles. The van der Waals surface area contributed by atoms with Crippen LogP contribution >= 0.6 is 0 Å². The number of allylic oxidation sites excluding steroid dienone is 2. The van der Waals surface area contributed by atoms with E-state index in [9.17, 15) is 14.4 Å². The zero-order valence-electron chi connectivity index (χ0n) is 16.6. The first-order valence-electron chi connectivity index (χ1n) is 9.79. The van der Waals surface area contributed by atoms with Gasteiger partial charge in [-0.1, -0.05) is 30.4 Å². The lowest BCUT2D eigenvalue weighted by Gasteiger charge is -2.21. The topological polar surface area (TPSA) is 66.9 Å². The summed E-state index contributed by atoms with van der Waals surface area (Å²) in [5.41, 5.74) is 0.982. The van der Waals surface area contributed by atoms with Crippen molar-refractivity contribution >= 4 is 28.5 Å². The molecule has 0 unspecified atom stereocenters. The molecule has 2 aromatic rings. The van der Waals surface area contributed by atoms with Crippen molar-refractivity contribution < 1.29 is 19.1 Å². The van der Waals surface area contributed by atoms with E-state index in [1.54, 1.807) is 19.1 Å². The van der Waals surface area contributed by atoms with Crippen LogP contribution in [0.5, 0.6) is 5.75 Å². The van der Waals surface area contributed by atoms with Crippen LogP contribution in [0.15, 0.2) is 48.6 Å². The lowest BCUT2D eigenvalue weighted by atomic mass is 9.85. The maximum absolute atomic E-state index is 12.7. The number of benzene rings is 2. The van der Waals surface area contributed by atoms with Crippen LogP contribution < -0.4 is 4.74 Å². The highest BCUT2D eigenvalue weighted by Gasteiger charge is 2.47. The van der Waals surface area contributed by atoms with Gasteiger partial charge in [-0.25, -0.2) is 0 Å². The molecule has 1 heterocycles. The van der Waals surface area contributed by atoms with Crippen molar-refractivity contribution in [2.24, 2.45) is 11.8 Å². The molecule has 0 spiro atoms. The fourth-order valence-electron chi connectivity index (χ4n) is 4.14. The lowest BCUT2D eigenvalue weighted by Crippen LogP contribution is -2.41. The molecule has 2 aliphatic rings. The number of likely N-dealkylation sites (N-methyl/N-ethyl adjacent to an activating group) is 1. The molecule has 29 heavy (non-hydrogen) atoms. The van der Waals surface area contributed by atoms with Crippen LogP contribution in [0.25, 0.3) is 10.8 Å². The highest BCUT2D eigenvalue weighted by molar-refractivity contribution is 6.07. The molecular weight excluding hydrogens is 368 g/mol. The van der Waals surface area contributed by atoms with E-state index in [1.165, 1.54) is 0 Å². The van der Waals surface area contributed by atoms with Gasteiger partial charge in [0.1, 0.15) is 12.3 Å². The fraction of sp³-hybridized carbons (Fsp3) is 0.348. The SMILES string of the molecule is COc1ccc2cc(CN(C)C(=O)CN3C(=O)[C@@H]4CC=CC[C@H]4C3=O)ccc2c1. The van der Waals surface area contributed by atoms with Crippen LogP contribution in [0.3, 0.4) is 0 Å². The zero-order chi connectivity index (χ0) is 20.5. The number of fused-ring (bicyclic) bond motifs is 2. The van der Waals surface area contributed by atoms with Crippen molar-refractivity contribution in [3.63, 3.8) is 0 Å². The van der Waals surface area contributed by atoms with Crippen molar-refractivity contribution in [1.29, 1.82) is 0 Å². The van der Waals surface area contributed by atoms with Crippen LogP contribution in [0.1, 0.15) is 18.4 Å². The van der Waals surface area contributed by atoms with Crippen molar-refractivity contribution in [2.45, 2.75) is 19.4 Å². The monoisotopic (exact) mass is 392 g/mol. The summed E-state index contributed by atoms with van der Waals surface area (Å²) in [6.07, 6.45) is 5.05. The van der Waals surface area contributed by atoms with Gasteiger partial charge in [-0.15, -0.1) is 0 Å². The van der Waals surface area contributed by atoms with Gasteiger partial charge in [0, 0.05) is 13.6 Å². The molecule has 6 nitrogen and oxygen atoms in total. The molecule has 0 N–H and O–H groups in total. The Morgan fingerprint density at radius 1 is 1.03 bits per heavy atom. The van der Waals surface area contributed by atoms with Gasteiger partial charge < -0.3 is 9.64 Å². The summed E-state index contributed by atoms with van der Waals surface area (Å²) in [6.45, 7) is 0.220. The van der Waals surface area contributed by atoms with Gasteiger partial charge in [-0.3, -0.25) is 19.3 Å². The second kappa shape index (κ2) is 7.70. The van der Waals surface area contributed by atoms with Crippen LogP contribution in [0.2, 0.25) is 0 Å². The minimum Gasteiger partial charge on any atom is -0.497 e. The standard InChI is InChI=1S/C23H24N2O4/c1-24(13-15-7-8-17-12-18(29-2)10-9-16(17)11-15)21(26)14-25-22(27)19-5-3-4-6-20(19)23(25)28/h3-4,7-12,19-20H,5-6,13-14H2,1-2H3/t19-,20-/m1/s1. The molecule has 3 amide bonds. The number of nitrogens with zero attached hydrogens (tertiary/aromatic N) is 2. The lowest BCUT2D eigenvalue weighted by molar-refractivity contribution is -0.146. The Bertz CT molecular complexity index is 987. The van der Waals surface area contributed by atoms with Crippen molar-refractivity contribution in [3.05, 3.63) is 54.1 Å². The van der Waals surface area contributed by atoms with E-state index in [4.69, 9.17) is 4.74 Å². The molecule has 1 fully saturated rings. The van der Waals surface area contributed by atoms with E-state index in [2.05, 4.69) is 0 Å². The summed E-state index contributed by atoms with van der Waals surface area (Å²) >= 11 is 0. The highest BCUT2D eigenvalue weighted by Crippen LogP contribution is 2.35. The van der Waals surface area contributed by atoms with Gasteiger partial charge in [-0.05, 0) is 47.4 Å². The molecule has 4 rings (SSSR count). The summed E-state index contributed by atoms with van der Waals surface area (Å²) in [6, 6.07) is 11.9. The molecule has 2 aromatic carbocycles. The molecular formula is C23H24N2O4. The molecule has 1 aliphatic carbocycles. The van der Waals surface area contributed by atoms with Crippen LogP contribution in [-0.2, 0) is 20.9 Å². The van der Waals surface area contributed by atoms with Gasteiger partial charge >= 0.3 is 0 Å². The van der Waals surface area contributed by atoms with E-state index in [0.717, 1.165) is 27.0 Å². The Labute approximate surface area is 169 Å². The van der Waals surface area contributed by atoms with Crippen LogP contribution in [-0.4, -0.2) is 48.2 Å². The first kappa shape index (κ1) is 19.2. The van der Waals surface area contributed by atoms with E-state index in [-0.39, 0.29) is 36.1 Å². The third kappa shape index (κ3) is 3.62. The average molecular weight is 392 g/mol. The van der Waals surface area contributed by atoms with Gasteiger partial charge in [0.15, 0.2) is 0 Å². The summed E-state index contributed by atoms with van der Waals surface area (Å²) in [7, 11) is 3.33. The fourth-order valence-corrected chi connectivity index (χ4v) is 4.14. The molecule has 1 aliphatic heterocycles. The van der Waals surface area contributed by atoms with Gasteiger partial charge in [0.05, 0.1) is 18.9 Å². The molecule has 0 aromatic heterocycles. The first-order chi connectivity index (χ1) is 14.0. The Balaban J connectivity index is 1.42. The number of likely N-dealkylation sites (tertiary alicyclic amines) is 1. The highest BCUT2D eigenvalue weighted by atomic mass is 16.5. The number of methoxy groups -OCH3 is 1. The Morgan fingerprint density at radius 2 is 1.66 bits per heavy atom. The molecule has 0 radical (unpaired) electrons. The zero-order valence-corrected chi connectivity index (χ0v) is 16.6. The van der Waals surface area contributed by atoms with Crippen LogP contribution in [0.4, 0.5) is 0 Å². The number of ether oxygens (including phenoxy) is 1. The maximum atomic E-state index is 12.7. The second-order valence-electron chi connectivity index (χ2n) is 7.72. The summed E-state index contributed by atoms with van der Waals surface area (Å²) in [4.78, 5) is 40.5. The predicted molar refractivity (Wildman–Crippen MR) is 109 cm³/mol. The maximum Gasteiger partial charge on any atom is 0.242 e. The third-order valence-electron chi connectivity index (χ3n) is 5.85. The van der Waals surface area contributed by atoms with Gasteiger partial charge in [0.2, 0.25) is 17.7 Å². The average Bonchev–Trinajstić information content (AvgIpc) is 2.98. The van der Waals surface area contributed by atoms with Gasteiger partial charge in [-0.2, -0.15) is 0 Å². The smallest absolute Gasteiger partial charge is 0.242 e. The first-order valence-corrected chi connectivity index (χ1v) is 9.79. The number of hydrogen-bond donors (Lipinski definition) is 0. The number of carbonyl (C=O) groups excluding carboxylic acids is 3. The summed E-state index contributed by atoms with van der Waals surface area (Å²) in [5, 5.41) is 2.12. The number of imide groups is 1. The molecule has 0 bridgehead atoms. The van der Waals surface area contributed by atoms with E-state index < -0.39 is 0 Å². The predicted octanol–water partition coefficient (Wildman–Crippen LogP) is 2.76.